The molecule has 1 aromatic heterocycles. The molecule has 0 radical (unpaired) electrons. The maximum Gasteiger partial charge on any atom is 0.0971 e. The minimum absolute atomic E-state index is 0. The summed E-state index contributed by atoms with van der Waals surface area (Å²) in [6, 6.07) is 10.0. The van der Waals surface area contributed by atoms with Gasteiger partial charge in [-0.1, -0.05) is 18.2 Å². The van der Waals surface area contributed by atoms with E-state index in [2.05, 4.69) is 27.5 Å². The van der Waals surface area contributed by atoms with Crippen molar-refractivity contribution in [2.45, 2.75) is 19.4 Å². The molecule has 2 heterocycles. The maximum atomic E-state index is 4.57. The van der Waals surface area contributed by atoms with Crippen LogP contribution in [0, 0.1) is 5.92 Å². The number of hydrogen-bond donors (Lipinski definition) is 1. The lowest BCUT2D eigenvalue weighted by atomic mass is 9.98. The summed E-state index contributed by atoms with van der Waals surface area (Å²) >= 11 is 0. The average molecular weight is 322 g/mol. The monoisotopic (exact) mass is 321 g/mol. The summed E-state index contributed by atoms with van der Waals surface area (Å²) in [7, 11) is 2.17. The number of aromatic nitrogens is 3. The highest BCUT2D eigenvalue weighted by molar-refractivity contribution is 5.85. The molecule has 0 amide bonds. The highest BCUT2D eigenvalue weighted by Crippen LogP contribution is 2.14. The van der Waals surface area contributed by atoms with E-state index in [0.29, 0.717) is 0 Å². The molecule has 1 N–H and O–H groups in total. The van der Waals surface area contributed by atoms with Gasteiger partial charge in [0.2, 0.25) is 0 Å². The smallest absolute Gasteiger partial charge is 0.0971 e. The zero-order valence-electron chi connectivity index (χ0n) is 13.0. The van der Waals surface area contributed by atoms with Crippen LogP contribution in [0.3, 0.4) is 0 Å². The van der Waals surface area contributed by atoms with E-state index < -0.39 is 0 Å². The van der Waals surface area contributed by atoms with E-state index >= 15 is 0 Å². The predicted octanol–water partition coefficient (Wildman–Crippen LogP) is 2.12. The van der Waals surface area contributed by atoms with E-state index in [0.717, 1.165) is 43.5 Å². The minimum Gasteiger partial charge on any atom is -0.317 e. The topological polar surface area (TPSA) is 46.0 Å². The Morgan fingerprint density at radius 1 is 1.23 bits per heavy atom. The number of piperidine rings is 1. The molecule has 2 aromatic rings. The van der Waals surface area contributed by atoms with Gasteiger partial charge in [0.15, 0.2) is 0 Å². The largest absolute Gasteiger partial charge is 0.317 e. The number of halogens is 1. The van der Waals surface area contributed by atoms with Gasteiger partial charge in [-0.2, -0.15) is 15.0 Å². The Morgan fingerprint density at radius 3 is 2.68 bits per heavy atom. The van der Waals surface area contributed by atoms with E-state index in [1.165, 1.54) is 12.8 Å². The first-order chi connectivity index (χ1) is 10.3. The number of nitrogens with zero attached hydrogens (tertiary/aromatic N) is 4. The summed E-state index contributed by atoms with van der Waals surface area (Å²) in [6.45, 7) is 4.31. The molecular formula is C16H24ClN5. The Kier molecular flexibility index (Phi) is 6.36. The van der Waals surface area contributed by atoms with Crippen LogP contribution in [0.5, 0.6) is 0 Å². The van der Waals surface area contributed by atoms with Crippen molar-refractivity contribution in [1.82, 2.24) is 25.2 Å². The number of para-hydroxylation sites is 1. The van der Waals surface area contributed by atoms with Crippen molar-refractivity contribution < 1.29 is 0 Å². The first-order valence-corrected chi connectivity index (χ1v) is 7.67. The second-order valence-electron chi connectivity index (χ2n) is 5.85. The number of hydrogen-bond acceptors (Lipinski definition) is 4. The van der Waals surface area contributed by atoms with Crippen LogP contribution in [0.2, 0.25) is 0 Å². The first kappa shape index (κ1) is 16.9. The van der Waals surface area contributed by atoms with Crippen LogP contribution in [0.25, 0.3) is 5.69 Å². The van der Waals surface area contributed by atoms with Gasteiger partial charge in [-0.15, -0.1) is 12.4 Å². The molecule has 0 saturated carbocycles. The van der Waals surface area contributed by atoms with E-state index in [-0.39, 0.29) is 12.4 Å². The highest BCUT2D eigenvalue weighted by Gasteiger charge is 2.15. The summed E-state index contributed by atoms with van der Waals surface area (Å²) in [4.78, 5) is 4.06. The SMILES string of the molecule is CN(Cc1cnn(-c2ccccc2)n1)CC1CCNCC1.Cl. The van der Waals surface area contributed by atoms with Crippen molar-refractivity contribution in [3.05, 3.63) is 42.2 Å². The molecule has 120 valence electrons. The molecule has 1 aliphatic rings. The Hall–Kier alpha value is -1.43. The molecular weight excluding hydrogens is 298 g/mol. The van der Waals surface area contributed by atoms with Crippen molar-refractivity contribution in [3.63, 3.8) is 0 Å². The molecule has 0 spiro atoms. The molecule has 1 fully saturated rings. The molecule has 1 aliphatic heterocycles. The zero-order valence-corrected chi connectivity index (χ0v) is 13.8. The minimum atomic E-state index is 0. The fraction of sp³-hybridized carbons (Fsp3) is 0.500. The van der Waals surface area contributed by atoms with Gasteiger partial charge >= 0.3 is 0 Å². The van der Waals surface area contributed by atoms with E-state index in [4.69, 9.17) is 0 Å². The van der Waals surface area contributed by atoms with E-state index in [9.17, 15) is 0 Å². The molecule has 1 aromatic carbocycles. The number of benzene rings is 1. The molecule has 0 bridgehead atoms. The van der Waals surface area contributed by atoms with Crippen LogP contribution in [-0.2, 0) is 6.54 Å². The third-order valence-electron chi connectivity index (χ3n) is 3.99. The second-order valence-corrected chi connectivity index (χ2v) is 5.85. The first-order valence-electron chi connectivity index (χ1n) is 7.67. The number of nitrogens with one attached hydrogen (secondary N) is 1. The molecule has 6 heteroatoms. The van der Waals surface area contributed by atoms with Crippen LogP contribution in [0.1, 0.15) is 18.5 Å². The Balaban J connectivity index is 0.00000176. The van der Waals surface area contributed by atoms with Gasteiger partial charge in [0.25, 0.3) is 0 Å². The average Bonchev–Trinajstić information content (AvgIpc) is 2.97. The van der Waals surface area contributed by atoms with Gasteiger partial charge in [0.05, 0.1) is 17.6 Å². The molecule has 1 saturated heterocycles. The van der Waals surface area contributed by atoms with Gasteiger partial charge < -0.3 is 10.2 Å². The summed E-state index contributed by atoms with van der Waals surface area (Å²) in [5.41, 5.74) is 2.03. The standard InChI is InChI=1S/C16H23N5.ClH/c1-20(12-14-7-9-17-10-8-14)13-15-11-18-21(19-15)16-5-3-2-4-6-16;/h2-6,11,14,17H,7-10,12-13H2,1H3;1H. The number of rotatable bonds is 5. The van der Waals surface area contributed by atoms with Crippen LogP contribution in [0.4, 0.5) is 0 Å². The zero-order chi connectivity index (χ0) is 14.5. The summed E-state index contributed by atoms with van der Waals surface area (Å²) in [5, 5.41) is 12.3. The summed E-state index contributed by atoms with van der Waals surface area (Å²) in [5.74, 6) is 0.806. The van der Waals surface area contributed by atoms with E-state index in [1.54, 1.807) is 4.80 Å². The molecule has 0 aliphatic carbocycles. The van der Waals surface area contributed by atoms with Gasteiger partial charge in [0, 0.05) is 13.1 Å². The molecule has 22 heavy (non-hydrogen) atoms. The van der Waals surface area contributed by atoms with Crippen LogP contribution >= 0.6 is 12.4 Å². The lowest BCUT2D eigenvalue weighted by molar-refractivity contribution is 0.232. The van der Waals surface area contributed by atoms with Gasteiger partial charge in [-0.05, 0) is 51.0 Å². The Labute approximate surface area is 138 Å². The maximum absolute atomic E-state index is 4.57. The van der Waals surface area contributed by atoms with Gasteiger partial charge in [0.1, 0.15) is 0 Å². The van der Waals surface area contributed by atoms with Crippen molar-refractivity contribution in [2.75, 3.05) is 26.7 Å². The third kappa shape index (κ3) is 4.53. The van der Waals surface area contributed by atoms with Crippen molar-refractivity contribution in [1.29, 1.82) is 0 Å². The van der Waals surface area contributed by atoms with Crippen molar-refractivity contribution in [3.8, 4) is 5.69 Å². The Morgan fingerprint density at radius 2 is 1.95 bits per heavy atom. The van der Waals surface area contributed by atoms with Crippen LogP contribution in [0.15, 0.2) is 36.5 Å². The quantitative estimate of drug-likeness (QED) is 0.916. The molecule has 3 rings (SSSR count). The summed E-state index contributed by atoms with van der Waals surface area (Å²) in [6.07, 6.45) is 4.42. The molecule has 0 atom stereocenters. The van der Waals surface area contributed by atoms with Gasteiger partial charge in [-0.3, -0.25) is 0 Å². The highest BCUT2D eigenvalue weighted by atomic mass is 35.5. The lowest BCUT2D eigenvalue weighted by Crippen LogP contribution is -2.34. The van der Waals surface area contributed by atoms with Gasteiger partial charge in [-0.25, -0.2) is 0 Å². The molecule has 0 unspecified atom stereocenters. The molecule has 5 nitrogen and oxygen atoms in total. The van der Waals surface area contributed by atoms with E-state index in [1.807, 2.05) is 36.5 Å². The van der Waals surface area contributed by atoms with Crippen LogP contribution < -0.4 is 5.32 Å². The summed E-state index contributed by atoms with van der Waals surface area (Å²) < 4.78 is 0. The van der Waals surface area contributed by atoms with Crippen LogP contribution in [-0.4, -0.2) is 46.6 Å². The second kappa shape index (κ2) is 8.27. The van der Waals surface area contributed by atoms with Crippen molar-refractivity contribution in [2.24, 2.45) is 5.92 Å². The fourth-order valence-corrected chi connectivity index (χ4v) is 2.90. The normalized spacial score (nSPS) is 15.7. The third-order valence-corrected chi connectivity index (χ3v) is 3.99. The predicted molar refractivity (Wildman–Crippen MR) is 90.5 cm³/mol. The fourth-order valence-electron chi connectivity index (χ4n) is 2.90. The lowest BCUT2D eigenvalue weighted by Gasteiger charge is -2.26. The Bertz CT molecular complexity index is 551. The van der Waals surface area contributed by atoms with Crippen molar-refractivity contribution >= 4 is 12.4 Å².